The number of hydrogen-bond donors (Lipinski definition) is 2. The zero-order chi connectivity index (χ0) is 15.4. The molecule has 1 aliphatic carbocycles. The minimum Gasteiger partial charge on any atom is -0.481 e. The van der Waals surface area contributed by atoms with Gasteiger partial charge < -0.3 is 15.1 Å². The molecule has 21 heavy (non-hydrogen) atoms. The zero-order valence-corrected chi connectivity index (χ0v) is 12.8. The molecule has 5 heteroatoms. The third kappa shape index (κ3) is 3.57. The largest absolute Gasteiger partial charge is 0.481 e. The van der Waals surface area contributed by atoms with E-state index in [4.69, 9.17) is 5.11 Å². The highest BCUT2D eigenvalue weighted by atomic mass is 16.4. The van der Waals surface area contributed by atoms with E-state index >= 15 is 0 Å². The minimum absolute atomic E-state index is 0.0405. The summed E-state index contributed by atoms with van der Waals surface area (Å²) < 4.78 is 0. The first-order valence-electron chi connectivity index (χ1n) is 8.22. The first-order valence-corrected chi connectivity index (χ1v) is 8.22. The molecule has 1 heterocycles. The van der Waals surface area contributed by atoms with Crippen LogP contribution in [-0.2, 0) is 9.59 Å². The van der Waals surface area contributed by atoms with Crippen LogP contribution in [0.25, 0.3) is 0 Å². The number of nitrogens with zero attached hydrogens (tertiary/aromatic N) is 1. The van der Waals surface area contributed by atoms with E-state index in [9.17, 15) is 14.7 Å². The highest BCUT2D eigenvalue weighted by Gasteiger charge is 2.45. The quantitative estimate of drug-likeness (QED) is 0.785. The summed E-state index contributed by atoms with van der Waals surface area (Å²) >= 11 is 0. The molecule has 120 valence electrons. The Bertz CT molecular complexity index is 384. The number of carboxylic acids is 1. The van der Waals surface area contributed by atoms with Crippen molar-refractivity contribution < 1.29 is 19.8 Å². The van der Waals surface area contributed by atoms with E-state index in [1.54, 1.807) is 0 Å². The van der Waals surface area contributed by atoms with Crippen LogP contribution < -0.4 is 0 Å². The number of rotatable bonds is 6. The van der Waals surface area contributed by atoms with Crippen molar-refractivity contribution in [1.82, 2.24) is 4.90 Å². The van der Waals surface area contributed by atoms with E-state index < -0.39 is 11.9 Å². The van der Waals surface area contributed by atoms with Gasteiger partial charge in [0.1, 0.15) is 0 Å². The maximum absolute atomic E-state index is 12.8. The Morgan fingerprint density at radius 1 is 1.24 bits per heavy atom. The fourth-order valence-corrected chi connectivity index (χ4v) is 3.99. The molecule has 2 fully saturated rings. The van der Waals surface area contributed by atoms with Crippen molar-refractivity contribution in [3.05, 3.63) is 0 Å². The molecule has 0 aromatic carbocycles. The summed E-state index contributed by atoms with van der Waals surface area (Å²) in [6.45, 7) is 2.96. The van der Waals surface area contributed by atoms with Gasteiger partial charge in [0, 0.05) is 19.2 Å². The number of aliphatic hydroxyl groups excluding tert-OH is 1. The summed E-state index contributed by atoms with van der Waals surface area (Å²) in [4.78, 5) is 26.1. The Labute approximate surface area is 126 Å². The second kappa shape index (κ2) is 7.25. The maximum atomic E-state index is 12.8. The molecule has 4 atom stereocenters. The van der Waals surface area contributed by atoms with Crippen LogP contribution in [-0.4, -0.2) is 46.2 Å². The second-order valence-corrected chi connectivity index (χ2v) is 6.49. The molecule has 0 aromatic heterocycles. The monoisotopic (exact) mass is 297 g/mol. The van der Waals surface area contributed by atoms with Gasteiger partial charge in [-0.3, -0.25) is 9.59 Å². The molecular weight excluding hydrogens is 270 g/mol. The van der Waals surface area contributed by atoms with E-state index in [1.165, 1.54) is 0 Å². The molecule has 1 amide bonds. The maximum Gasteiger partial charge on any atom is 0.307 e. The average molecular weight is 297 g/mol. The number of carbonyl (C=O) groups is 2. The average Bonchev–Trinajstić information content (AvgIpc) is 3.10. The van der Waals surface area contributed by atoms with Gasteiger partial charge in [-0.2, -0.15) is 0 Å². The van der Waals surface area contributed by atoms with Crippen molar-refractivity contribution in [3.63, 3.8) is 0 Å². The van der Waals surface area contributed by atoms with Crippen molar-refractivity contribution in [2.24, 2.45) is 17.8 Å². The van der Waals surface area contributed by atoms with Crippen LogP contribution in [0.3, 0.4) is 0 Å². The van der Waals surface area contributed by atoms with E-state index in [2.05, 4.69) is 6.92 Å². The predicted molar refractivity (Wildman–Crippen MR) is 78.7 cm³/mol. The molecule has 0 aromatic rings. The van der Waals surface area contributed by atoms with Crippen molar-refractivity contribution in [1.29, 1.82) is 0 Å². The first kappa shape index (κ1) is 16.3. The summed E-state index contributed by atoms with van der Waals surface area (Å²) in [5, 5.41) is 18.4. The number of hydrogen-bond acceptors (Lipinski definition) is 3. The summed E-state index contributed by atoms with van der Waals surface area (Å²) in [5.41, 5.74) is 0. The molecule has 2 rings (SSSR count). The lowest BCUT2D eigenvalue weighted by Gasteiger charge is -2.29. The smallest absolute Gasteiger partial charge is 0.307 e. The molecule has 1 saturated carbocycles. The SMILES string of the molecule is CCC1C[C@H](C(=O)N2CCCC2CCCO)[C@H](C(=O)O)C1. The van der Waals surface area contributed by atoms with E-state index in [-0.39, 0.29) is 24.5 Å². The number of amides is 1. The van der Waals surface area contributed by atoms with Crippen molar-refractivity contribution >= 4 is 11.9 Å². The molecule has 0 spiro atoms. The van der Waals surface area contributed by atoms with Gasteiger partial charge in [-0.15, -0.1) is 0 Å². The van der Waals surface area contributed by atoms with E-state index in [1.807, 2.05) is 4.90 Å². The third-order valence-electron chi connectivity index (χ3n) is 5.23. The first-order chi connectivity index (χ1) is 10.1. The van der Waals surface area contributed by atoms with Gasteiger partial charge in [0.25, 0.3) is 0 Å². The van der Waals surface area contributed by atoms with Crippen LogP contribution in [0.15, 0.2) is 0 Å². The Morgan fingerprint density at radius 2 is 1.95 bits per heavy atom. The summed E-state index contributed by atoms with van der Waals surface area (Å²) in [5.74, 6) is -1.28. The zero-order valence-electron chi connectivity index (χ0n) is 12.8. The summed E-state index contributed by atoms with van der Waals surface area (Å²) in [6, 6.07) is 0.194. The fraction of sp³-hybridized carbons (Fsp3) is 0.875. The van der Waals surface area contributed by atoms with Crippen LogP contribution in [0, 0.1) is 17.8 Å². The lowest BCUT2D eigenvalue weighted by atomic mass is 9.94. The molecule has 5 nitrogen and oxygen atoms in total. The normalized spacial score (nSPS) is 32.6. The standard InChI is InChI=1S/C16H27NO4/c1-2-11-9-13(14(10-11)16(20)21)15(19)17-7-3-5-12(17)6-4-8-18/h11-14,18H,2-10H2,1H3,(H,20,21)/t11?,12?,13-,14+/m0/s1. The summed E-state index contributed by atoms with van der Waals surface area (Å²) in [7, 11) is 0. The third-order valence-corrected chi connectivity index (χ3v) is 5.23. The molecule has 2 aliphatic rings. The lowest BCUT2D eigenvalue weighted by molar-refractivity contribution is -0.149. The van der Waals surface area contributed by atoms with Crippen LogP contribution in [0.2, 0.25) is 0 Å². The van der Waals surface area contributed by atoms with Gasteiger partial charge >= 0.3 is 5.97 Å². The highest BCUT2D eigenvalue weighted by molar-refractivity contribution is 5.85. The van der Waals surface area contributed by atoms with Crippen LogP contribution in [0.4, 0.5) is 0 Å². The number of likely N-dealkylation sites (tertiary alicyclic amines) is 1. The highest BCUT2D eigenvalue weighted by Crippen LogP contribution is 2.40. The number of carboxylic acid groups (broad SMARTS) is 1. The Hall–Kier alpha value is -1.10. The predicted octanol–water partition coefficient (Wildman–Crippen LogP) is 1.89. The van der Waals surface area contributed by atoms with Gasteiger partial charge in [-0.25, -0.2) is 0 Å². The topological polar surface area (TPSA) is 77.8 Å². The van der Waals surface area contributed by atoms with Crippen molar-refractivity contribution in [2.45, 2.75) is 57.9 Å². The Balaban J connectivity index is 2.05. The van der Waals surface area contributed by atoms with E-state index in [0.717, 1.165) is 38.6 Å². The molecule has 2 unspecified atom stereocenters. The van der Waals surface area contributed by atoms with Gasteiger partial charge in [0.15, 0.2) is 0 Å². The van der Waals surface area contributed by atoms with Gasteiger partial charge in [-0.05, 0) is 44.4 Å². The van der Waals surface area contributed by atoms with E-state index in [0.29, 0.717) is 18.8 Å². The Morgan fingerprint density at radius 3 is 2.57 bits per heavy atom. The lowest BCUT2D eigenvalue weighted by Crippen LogP contribution is -2.42. The minimum atomic E-state index is -0.824. The van der Waals surface area contributed by atoms with Crippen LogP contribution in [0.1, 0.15) is 51.9 Å². The van der Waals surface area contributed by atoms with Gasteiger partial charge in [0.2, 0.25) is 5.91 Å². The second-order valence-electron chi connectivity index (χ2n) is 6.49. The van der Waals surface area contributed by atoms with Crippen molar-refractivity contribution in [3.8, 4) is 0 Å². The number of carbonyl (C=O) groups excluding carboxylic acids is 1. The molecule has 0 radical (unpaired) electrons. The van der Waals surface area contributed by atoms with Gasteiger partial charge in [0.05, 0.1) is 11.8 Å². The molecule has 2 N–H and O–H groups in total. The summed E-state index contributed by atoms with van der Waals surface area (Å²) in [6.07, 6.45) is 5.80. The molecule has 1 aliphatic heterocycles. The molecule has 1 saturated heterocycles. The van der Waals surface area contributed by atoms with Crippen LogP contribution in [0.5, 0.6) is 0 Å². The Kier molecular flexibility index (Phi) is 5.62. The molecular formula is C16H27NO4. The van der Waals surface area contributed by atoms with Crippen LogP contribution >= 0.6 is 0 Å². The number of aliphatic carboxylic acids is 1. The van der Waals surface area contributed by atoms with Gasteiger partial charge in [-0.1, -0.05) is 13.3 Å². The van der Waals surface area contributed by atoms with Crippen molar-refractivity contribution in [2.75, 3.05) is 13.2 Å². The number of aliphatic hydroxyl groups is 1. The fourth-order valence-electron chi connectivity index (χ4n) is 3.99. The molecule has 0 bridgehead atoms.